The topological polar surface area (TPSA) is 123 Å². The molecule has 2 aromatic carbocycles. The van der Waals surface area contributed by atoms with E-state index in [1.807, 2.05) is 19.1 Å². The smallest absolute Gasteiger partial charge is 0.276 e. The first-order chi connectivity index (χ1) is 12.0. The molecule has 0 aliphatic rings. The molecule has 126 valence electrons. The number of aromatic amines is 1. The van der Waals surface area contributed by atoms with E-state index < -0.39 is 5.91 Å². The molecule has 0 aliphatic carbocycles. The van der Waals surface area contributed by atoms with Gasteiger partial charge in [-0.25, -0.2) is 4.98 Å². The van der Waals surface area contributed by atoms with Gasteiger partial charge in [-0.15, -0.1) is 10.2 Å². The summed E-state index contributed by atoms with van der Waals surface area (Å²) in [5, 5.41) is 29.4. The molecule has 0 atom stereocenters. The number of aromatic hydroxyl groups is 2. The monoisotopic (exact) mass is 337 g/mol. The highest BCUT2D eigenvalue weighted by atomic mass is 16.3. The molecule has 0 fully saturated rings. The minimum absolute atomic E-state index is 0.0806. The van der Waals surface area contributed by atoms with E-state index in [-0.39, 0.29) is 28.7 Å². The van der Waals surface area contributed by atoms with Gasteiger partial charge < -0.3 is 20.5 Å². The molecule has 0 bridgehead atoms. The second-order valence-electron chi connectivity index (χ2n) is 5.29. The minimum atomic E-state index is -0.412. The molecule has 0 saturated carbocycles. The van der Waals surface area contributed by atoms with Crippen molar-refractivity contribution >= 4 is 23.1 Å². The number of anilines is 1. The molecule has 1 aromatic heterocycles. The number of carbonyl (C=O) groups excluding carboxylic acids is 1. The van der Waals surface area contributed by atoms with Gasteiger partial charge in [-0.2, -0.15) is 0 Å². The van der Waals surface area contributed by atoms with Crippen molar-refractivity contribution in [3.05, 3.63) is 60.0 Å². The van der Waals surface area contributed by atoms with Gasteiger partial charge in [-0.1, -0.05) is 17.7 Å². The van der Waals surface area contributed by atoms with Crippen LogP contribution in [-0.2, 0) is 0 Å². The van der Waals surface area contributed by atoms with Crippen LogP contribution < -0.4 is 5.32 Å². The van der Waals surface area contributed by atoms with Gasteiger partial charge in [0, 0.05) is 11.8 Å². The number of aryl methyl sites for hydroxylation is 1. The van der Waals surface area contributed by atoms with E-state index in [1.54, 1.807) is 12.1 Å². The first kappa shape index (κ1) is 16.2. The highest BCUT2D eigenvalue weighted by Crippen LogP contribution is 2.31. The Balaban J connectivity index is 1.78. The standard InChI is InChI=1S/C17H15N5O3/c1-10-2-4-11(5-3-10)20-17(25)15-16(19-9-18-15)22-21-13-7-6-12(23)8-14(13)24/h2-9,23-24H,1H3,(H,18,19)(H,20,25). The summed E-state index contributed by atoms with van der Waals surface area (Å²) in [7, 11) is 0. The predicted octanol–water partition coefficient (Wildman–Crippen LogP) is 3.80. The van der Waals surface area contributed by atoms with Crippen LogP contribution in [0.15, 0.2) is 59.0 Å². The van der Waals surface area contributed by atoms with Gasteiger partial charge in [0.25, 0.3) is 5.91 Å². The van der Waals surface area contributed by atoms with Crippen molar-refractivity contribution in [1.29, 1.82) is 0 Å². The normalized spacial score (nSPS) is 10.9. The summed E-state index contributed by atoms with van der Waals surface area (Å²) in [4.78, 5) is 19.0. The SMILES string of the molecule is Cc1ccc(NC(=O)c2[nH]cnc2N=Nc2ccc(O)cc2O)cc1. The first-order valence-electron chi connectivity index (χ1n) is 7.38. The molecule has 1 amide bonds. The van der Waals surface area contributed by atoms with Crippen LogP contribution >= 0.6 is 0 Å². The fraction of sp³-hybridized carbons (Fsp3) is 0.0588. The average molecular weight is 337 g/mol. The summed E-state index contributed by atoms with van der Waals surface area (Å²) in [6.45, 7) is 1.96. The van der Waals surface area contributed by atoms with E-state index in [4.69, 9.17) is 0 Å². The maximum atomic E-state index is 12.3. The number of azo groups is 1. The predicted molar refractivity (Wildman–Crippen MR) is 91.7 cm³/mol. The molecular weight excluding hydrogens is 322 g/mol. The van der Waals surface area contributed by atoms with Crippen molar-refractivity contribution in [1.82, 2.24) is 9.97 Å². The quantitative estimate of drug-likeness (QED) is 0.541. The van der Waals surface area contributed by atoms with Crippen molar-refractivity contribution in [3.8, 4) is 11.5 Å². The number of hydrogen-bond acceptors (Lipinski definition) is 6. The third-order valence-corrected chi connectivity index (χ3v) is 3.37. The van der Waals surface area contributed by atoms with Crippen LogP contribution in [0.5, 0.6) is 11.5 Å². The summed E-state index contributed by atoms with van der Waals surface area (Å²) in [5.74, 6) is -0.651. The van der Waals surface area contributed by atoms with Crippen LogP contribution in [0.2, 0.25) is 0 Å². The molecule has 0 unspecified atom stereocenters. The molecule has 0 spiro atoms. The number of H-pyrrole nitrogens is 1. The van der Waals surface area contributed by atoms with E-state index >= 15 is 0 Å². The van der Waals surface area contributed by atoms with Crippen LogP contribution in [0.25, 0.3) is 0 Å². The molecule has 0 radical (unpaired) electrons. The van der Waals surface area contributed by atoms with Crippen molar-refractivity contribution in [2.24, 2.45) is 10.2 Å². The Bertz CT molecular complexity index is 932. The minimum Gasteiger partial charge on any atom is -0.508 e. The number of phenols is 2. The number of rotatable bonds is 4. The Hall–Kier alpha value is -3.68. The number of nitrogens with one attached hydrogen (secondary N) is 2. The average Bonchev–Trinajstić information content (AvgIpc) is 3.05. The van der Waals surface area contributed by atoms with E-state index in [2.05, 4.69) is 25.5 Å². The molecular formula is C17H15N5O3. The molecule has 25 heavy (non-hydrogen) atoms. The molecule has 0 saturated heterocycles. The van der Waals surface area contributed by atoms with Crippen molar-refractivity contribution < 1.29 is 15.0 Å². The Morgan fingerprint density at radius 3 is 2.60 bits per heavy atom. The Morgan fingerprint density at radius 2 is 1.88 bits per heavy atom. The molecule has 0 aliphatic heterocycles. The maximum absolute atomic E-state index is 12.3. The van der Waals surface area contributed by atoms with Gasteiger partial charge in [0.2, 0.25) is 5.82 Å². The second-order valence-corrected chi connectivity index (χ2v) is 5.29. The first-order valence-corrected chi connectivity index (χ1v) is 7.38. The van der Waals surface area contributed by atoms with Crippen molar-refractivity contribution in [2.75, 3.05) is 5.32 Å². The number of carbonyl (C=O) groups is 1. The van der Waals surface area contributed by atoms with E-state index in [0.717, 1.165) is 11.6 Å². The number of hydrogen-bond donors (Lipinski definition) is 4. The largest absolute Gasteiger partial charge is 0.508 e. The number of benzene rings is 2. The lowest BCUT2D eigenvalue weighted by molar-refractivity contribution is 0.102. The highest BCUT2D eigenvalue weighted by Gasteiger charge is 2.14. The van der Waals surface area contributed by atoms with Gasteiger partial charge in [0.15, 0.2) is 5.69 Å². The number of amides is 1. The molecule has 3 aromatic rings. The van der Waals surface area contributed by atoms with Crippen LogP contribution in [0.3, 0.4) is 0 Å². The van der Waals surface area contributed by atoms with E-state index in [0.29, 0.717) is 5.69 Å². The lowest BCUT2D eigenvalue weighted by atomic mass is 10.2. The summed E-state index contributed by atoms with van der Waals surface area (Å²) < 4.78 is 0. The summed E-state index contributed by atoms with van der Waals surface area (Å²) >= 11 is 0. The van der Waals surface area contributed by atoms with Crippen LogP contribution in [0, 0.1) is 6.92 Å². The molecule has 8 heteroatoms. The molecule has 3 rings (SSSR count). The third-order valence-electron chi connectivity index (χ3n) is 3.37. The van der Waals surface area contributed by atoms with Gasteiger partial charge in [0.05, 0.1) is 6.33 Å². The lowest BCUT2D eigenvalue weighted by Gasteiger charge is -2.04. The molecule has 1 heterocycles. The number of nitrogens with zero attached hydrogens (tertiary/aromatic N) is 3. The molecule has 4 N–H and O–H groups in total. The van der Waals surface area contributed by atoms with Crippen LogP contribution in [0.1, 0.15) is 16.1 Å². The zero-order valence-electron chi connectivity index (χ0n) is 13.3. The summed E-state index contributed by atoms with van der Waals surface area (Å²) in [5.41, 5.74) is 2.01. The highest BCUT2D eigenvalue weighted by molar-refractivity contribution is 6.05. The Labute approximate surface area is 142 Å². The second kappa shape index (κ2) is 6.83. The van der Waals surface area contributed by atoms with Gasteiger partial charge in [-0.05, 0) is 31.2 Å². The number of phenolic OH excluding ortho intramolecular Hbond substituents is 2. The van der Waals surface area contributed by atoms with Crippen LogP contribution in [-0.4, -0.2) is 26.1 Å². The van der Waals surface area contributed by atoms with Crippen LogP contribution in [0.4, 0.5) is 17.2 Å². The maximum Gasteiger partial charge on any atom is 0.276 e. The van der Waals surface area contributed by atoms with Gasteiger partial charge >= 0.3 is 0 Å². The summed E-state index contributed by atoms with van der Waals surface area (Å²) in [6.07, 6.45) is 1.33. The lowest BCUT2D eigenvalue weighted by Crippen LogP contribution is -2.12. The fourth-order valence-corrected chi connectivity index (χ4v) is 2.06. The molecule has 8 nitrogen and oxygen atoms in total. The van der Waals surface area contributed by atoms with Gasteiger partial charge in [-0.3, -0.25) is 4.79 Å². The van der Waals surface area contributed by atoms with Crippen molar-refractivity contribution in [3.63, 3.8) is 0 Å². The zero-order valence-corrected chi connectivity index (χ0v) is 13.3. The Kier molecular flexibility index (Phi) is 4.42. The van der Waals surface area contributed by atoms with Crippen molar-refractivity contribution in [2.45, 2.75) is 6.92 Å². The Morgan fingerprint density at radius 1 is 1.12 bits per heavy atom. The number of aromatic nitrogens is 2. The summed E-state index contributed by atoms with van der Waals surface area (Å²) in [6, 6.07) is 11.3. The van der Waals surface area contributed by atoms with E-state index in [1.165, 1.54) is 18.5 Å². The fourth-order valence-electron chi connectivity index (χ4n) is 2.06. The number of imidazole rings is 1. The zero-order chi connectivity index (χ0) is 17.8. The van der Waals surface area contributed by atoms with Gasteiger partial charge in [0.1, 0.15) is 17.2 Å². The van der Waals surface area contributed by atoms with E-state index in [9.17, 15) is 15.0 Å². The third kappa shape index (κ3) is 3.81.